The number of aryl methyl sites for hydroxylation is 1. The summed E-state index contributed by atoms with van der Waals surface area (Å²) in [6, 6.07) is 15.3. The van der Waals surface area contributed by atoms with E-state index >= 15 is 0 Å². The molecule has 1 aromatic heterocycles. The lowest BCUT2D eigenvalue weighted by molar-refractivity contribution is 0.0650. The maximum absolute atomic E-state index is 13.0. The molecule has 1 aliphatic rings. The first-order valence-corrected chi connectivity index (χ1v) is 10.6. The molecule has 1 amide bonds. The number of hydrogen-bond acceptors (Lipinski definition) is 4. The summed E-state index contributed by atoms with van der Waals surface area (Å²) in [6.07, 6.45) is 4.27. The van der Waals surface area contributed by atoms with Gasteiger partial charge in [0, 0.05) is 44.8 Å². The van der Waals surface area contributed by atoms with Crippen LogP contribution in [0, 0.1) is 0 Å². The maximum Gasteiger partial charge on any atom is 0.316 e. The van der Waals surface area contributed by atoms with Crippen LogP contribution in [0.15, 0.2) is 64.2 Å². The number of H-pyrrole nitrogens is 1. The van der Waals surface area contributed by atoms with Gasteiger partial charge in [0.2, 0.25) is 0 Å². The first kappa shape index (κ1) is 20.8. The van der Waals surface area contributed by atoms with Crippen LogP contribution in [0.4, 0.5) is 0 Å². The van der Waals surface area contributed by atoms with Gasteiger partial charge < -0.3 is 14.5 Å². The van der Waals surface area contributed by atoms with Crippen LogP contribution >= 0.6 is 0 Å². The number of aromatic nitrogens is 2. The van der Waals surface area contributed by atoms with Crippen molar-refractivity contribution >= 4 is 23.0 Å². The summed E-state index contributed by atoms with van der Waals surface area (Å²) < 4.78 is 1.42. The third-order valence-corrected chi connectivity index (χ3v) is 5.67. The molecule has 2 heterocycles. The van der Waals surface area contributed by atoms with E-state index in [1.807, 2.05) is 30.0 Å². The monoisotopic (exact) mass is 418 g/mol. The van der Waals surface area contributed by atoms with Crippen LogP contribution in [0.25, 0.3) is 17.1 Å². The number of aromatic amines is 1. The summed E-state index contributed by atoms with van der Waals surface area (Å²) in [7, 11) is 0. The van der Waals surface area contributed by atoms with Gasteiger partial charge in [-0.25, -0.2) is 0 Å². The van der Waals surface area contributed by atoms with E-state index in [0.29, 0.717) is 36.2 Å². The van der Waals surface area contributed by atoms with E-state index in [2.05, 4.69) is 34.2 Å². The molecule has 1 saturated heterocycles. The van der Waals surface area contributed by atoms with Gasteiger partial charge >= 0.3 is 11.1 Å². The van der Waals surface area contributed by atoms with Crippen LogP contribution in [0.3, 0.4) is 0 Å². The second kappa shape index (κ2) is 9.14. The van der Waals surface area contributed by atoms with Gasteiger partial charge in [-0.2, -0.15) is 0 Å². The highest BCUT2D eigenvalue weighted by molar-refractivity contribution is 5.97. The first-order chi connectivity index (χ1) is 15.1. The van der Waals surface area contributed by atoms with Gasteiger partial charge in [0.15, 0.2) is 0 Å². The second-order valence-electron chi connectivity index (χ2n) is 7.64. The summed E-state index contributed by atoms with van der Waals surface area (Å²) in [5, 5.41) is 0. The average Bonchev–Trinajstić information content (AvgIpc) is 2.80. The highest BCUT2D eigenvalue weighted by Gasteiger charge is 2.22. The molecule has 0 bridgehead atoms. The Morgan fingerprint density at radius 3 is 2.48 bits per heavy atom. The van der Waals surface area contributed by atoms with Crippen molar-refractivity contribution in [2.75, 3.05) is 32.7 Å². The summed E-state index contributed by atoms with van der Waals surface area (Å²) in [5.74, 6) is -0.0588. The third-order valence-electron chi connectivity index (χ3n) is 5.67. The number of carbonyl (C=O) groups excluding carboxylic acids is 1. The number of rotatable bonds is 5. The fourth-order valence-corrected chi connectivity index (χ4v) is 3.94. The molecule has 0 spiro atoms. The van der Waals surface area contributed by atoms with Gasteiger partial charge in [-0.1, -0.05) is 42.5 Å². The van der Waals surface area contributed by atoms with Crippen molar-refractivity contribution in [2.45, 2.75) is 13.5 Å². The Bertz CT molecular complexity index is 1220. The van der Waals surface area contributed by atoms with Crippen molar-refractivity contribution in [2.24, 2.45) is 0 Å². The summed E-state index contributed by atoms with van der Waals surface area (Å²) in [6.45, 7) is 5.99. The van der Waals surface area contributed by atoms with E-state index in [1.54, 1.807) is 18.2 Å². The highest BCUT2D eigenvalue weighted by Crippen LogP contribution is 2.15. The Hall–Kier alpha value is -3.45. The maximum atomic E-state index is 13.0. The topological polar surface area (TPSA) is 78.4 Å². The summed E-state index contributed by atoms with van der Waals surface area (Å²) >= 11 is 0. The predicted octanol–water partition coefficient (Wildman–Crippen LogP) is 2.18. The van der Waals surface area contributed by atoms with Crippen LogP contribution in [0.1, 0.15) is 22.8 Å². The fourth-order valence-electron chi connectivity index (χ4n) is 3.94. The van der Waals surface area contributed by atoms with E-state index in [4.69, 9.17) is 0 Å². The normalized spacial score (nSPS) is 15.1. The van der Waals surface area contributed by atoms with Crippen LogP contribution in [-0.2, 0) is 6.54 Å². The Balaban J connectivity index is 1.41. The van der Waals surface area contributed by atoms with Gasteiger partial charge in [-0.3, -0.25) is 19.3 Å². The number of benzene rings is 2. The first-order valence-electron chi connectivity index (χ1n) is 10.6. The zero-order valence-electron chi connectivity index (χ0n) is 17.6. The van der Waals surface area contributed by atoms with Gasteiger partial charge in [0.1, 0.15) is 0 Å². The number of hydrogen-bond donors (Lipinski definition) is 1. The molecule has 0 saturated carbocycles. The van der Waals surface area contributed by atoms with Crippen molar-refractivity contribution in [3.63, 3.8) is 0 Å². The molecule has 0 aliphatic carbocycles. The molecule has 1 N–H and O–H groups in total. The lowest BCUT2D eigenvalue weighted by Gasteiger charge is -2.34. The molecule has 31 heavy (non-hydrogen) atoms. The lowest BCUT2D eigenvalue weighted by atomic mass is 10.1. The number of carbonyl (C=O) groups is 1. The molecule has 0 radical (unpaired) electrons. The fraction of sp³-hybridized carbons (Fsp3) is 0.292. The van der Waals surface area contributed by atoms with Crippen LogP contribution < -0.4 is 11.1 Å². The summed E-state index contributed by atoms with van der Waals surface area (Å²) in [4.78, 5) is 43.7. The van der Waals surface area contributed by atoms with Crippen molar-refractivity contribution in [3.05, 3.63) is 86.4 Å². The molecule has 1 fully saturated rings. The molecule has 160 valence electrons. The standard InChI is InChI=1S/C24H26N4O3/c1-2-28-21-11-10-19(17-20(21)25-22(29)24(28)31)23(30)27-15-13-26(14-16-27)12-6-9-18-7-4-3-5-8-18/h3-11,17H,2,12-16H2,1H3,(H,25,29)/b9-6+. The number of piperazine rings is 1. The zero-order chi connectivity index (χ0) is 21.8. The molecule has 4 rings (SSSR count). The molecular formula is C24H26N4O3. The Kier molecular flexibility index (Phi) is 6.13. The number of amides is 1. The molecule has 7 nitrogen and oxygen atoms in total. The van der Waals surface area contributed by atoms with E-state index in [-0.39, 0.29) is 5.91 Å². The Labute approximate surface area is 180 Å². The number of fused-ring (bicyclic) bond motifs is 1. The predicted molar refractivity (Wildman–Crippen MR) is 122 cm³/mol. The van der Waals surface area contributed by atoms with Crippen LogP contribution in [-0.4, -0.2) is 58.0 Å². The molecule has 2 aromatic carbocycles. The molecule has 0 unspecified atom stereocenters. The average molecular weight is 418 g/mol. The van der Waals surface area contributed by atoms with Crippen molar-refractivity contribution in [1.29, 1.82) is 0 Å². The minimum absolute atomic E-state index is 0.0588. The van der Waals surface area contributed by atoms with Crippen LogP contribution in [0.5, 0.6) is 0 Å². The Morgan fingerprint density at radius 1 is 1.03 bits per heavy atom. The van der Waals surface area contributed by atoms with Crippen molar-refractivity contribution in [1.82, 2.24) is 19.4 Å². The molecule has 1 aliphatic heterocycles. The van der Waals surface area contributed by atoms with Gasteiger partial charge in [0.25, 0.3) is 5.91 Å². The van der Waals surface area contributed by atoms with E-state index < -0.39 is 11.1 Å². The molecule has 3 aromatic rings. The highest BCUT2D eigenvalue weighted by atomic mass is 16.2. The quantitative estimate of drug-likeness (QED) is 0.645. The largest absolute Gasteiger partial charge is 0.336 e. The summed E-state index contributed by atoms with van der Waals surface area (Å²) in [5.41, 5.74) is 1.57. The zero-order valence-corrected chi connectivity index (χ0v) is 17.6. The van der Waals surface area contributed by atoms with Gasteiger partial charge in [-0.15, -0.1) is 0 Å². The Morgan fingerprint density at radius 2 is 1.77 bits per heavy atom. The molecule has 0 atom stereocenters. The molecular weight excluding hydrogens is 392 g/mol. The molecule has 7 heteroatoms. The minimum Gasteiger partial charge on any atom is -0.336 e. The smallest absolute Gasteiger partial charge is 0.316 e. The van der Waals surface area contributed by atoms with E-state index in [9.17, 15) is 14.4 Å². The SMILES string of the molecule is CCn1c(=O)c(=O)[nH]c2cc(C(=O)N3CCN(C/C=C/c4ccccc4)CC3)ccc21. The van der Waals surface area contributed by atoms with Crippen molar-refractivity contribution in [3.8, 4) is 0 Å². The van der Waals surface area contributed by atoms with E-state index in [1.165, 1.54) is 10.1 Å². The lowest BCUT2D eigenvalue weighted by Crippen LogP contribution is -2.48. The van der Waals surface area contributed by atoms with Gasteiger partial charge in [-0.05, 0) is 30.7 Å². The number of nitrogens with one attached hydrogen (secondary N) is 1. The second-order valence-corrected chi connectivity index (χ2v) is 7.64. The number of nitrogens with zero attached hydrogens (tertiary/aromatic N) is 3. The minimum atomic E-state index is -0.670. The van der Waals surface area contributed by atoms with Crippen LogP contribution in [0.2, 0.25) is 0 Å². The van der Waals surface area contributed by atoms with Gasteiger partial charge in [0.05, 0.1) is 11.0 Å². The van der Waals surface area contributed by atoms with E-state index in [0.717, 1.165) is 19.6 Å². The van der Waals surface area contributed by atoms with Crippen molar-refractivity contribution < 1.29 is 4.79 Å². The third kappa shape index (κ3) is 4.51.